The highest BCUT2D eigenvalue weighted by Crippen LogP contribution is 2.46. The minimum absolute atomic E-state index is 0.00697. The van der Waals surface area contributed by atoms with E-state index in [1.807, 2.05) is 31.2 Å². The monoisotopic (exact) mass is 438 g/mol. The fourth-order valence-corrected chi connectivity index (χ4v) is 4.69. The van der Waals surface area contributed by atoms with E-state index in [-0.39, 0.29) is 22.5 Å². The number of aryl methyl sites for hydroxylation is 1. The molecule has 33 heavy (non-hydrogen) atoms. The van der Waals surface area contributed by atoms with E-state index < -0.39 is 0 Å². The minimum atomic E-state index is -0.209. The molecule has 0 saturated carbocycles. The molecule has 0 bridgehead atoms. The van der Waals surface area contributed by atoms with Crippen molar-refractivity contribution in [3.05, 3.63) is 107 Å². The first-order valence-electron chi connectivity index (χ1n) is 11.5. The van der Waals surface area contributed by atoms with E-state index in [4.69, 9.17) is 0 Å². The predicted octanol–water partition coefficient (Wildman–Crippen LogP) is 7.01. The lowest BCUT2D eigenvalue weighted by atomic mass is 9.62. The molecule has 1 aliphatic rings. The molecule has 0 unspecified atom stereocenters. The van der Waals surface area contributed by atoms with Crippen LogP contribution in [-0.2, 0) is 10.8 Å². The van der Waals surface area contributed by atoms with E-state index >= 15 is 0 Å². The van der Waals surface area contributed by atoms with Crippen LogP contribution in [0.4, 0.5) is 5.69 Å². The van der Waals surface area contributed by atoms with Gasteiger partial charge in [0.25, 0.3) is 5.91 Å². The molecule has 3 aromatic rings. The third kappa shape index (κ3) is 4.50. The van der Waals surface area contributed by atoms with Crippen molar-refractivity contribution in [2.24, 2.45) is 0 Å². The molecular weight excluding hydrogens is 406 g/mol. The summed E-state index contributed by atoms with van der Waals surface area (Å²) in [6.45, 7) is 15.0. The van der Waals surface area contributed by atoms with Crippen molar-refractivity contribution < 1.29 is 9.59 Å². The summed E-state index contributed by atoms with van der Waals surface area (Å²) in [5.41, 5.74) is 7.22. The summed E-state index contributed by atoms with van der Waals surface area (Å²) in [6.07, 6.45) is 2.24. The van der Waals surface area contributed by atoms with Crippen molar-refractivity contribution in [2.45, 2.75) is 58.3 Å². The number of ketones is 1. The van der Waals surface area contributed by atoms with Gasteiger partial charge in [0.05, 0.1) is 0 Å². The molecule has 3 aromatic carbocycles. The van der Waals surface area contributed by atoms with Crippen molar-refractivity contribution in [3.63, 3.8) is 0 Å². The van der Waals surface area contributed by atoms with Gasteiger partial charge in [0.15, 0.2) is 5.78 Å². The number of rotatable bonds is 4. The second-order valence-corrected chi connectivity index (χ2v) is 10.5. The maximum Gasteiger partial charge on any atom is 0.255 e. The summed E-state index contributed by atoms with van der Waals surface area (Å²) >= 11 is 0. The van der Waals surface area contributed by atoms with Gasteiger partial charge in [-0.05, 0) is 90.1 Å². The lowest BCUT2D eigenvalue weighted by molar-refractivity contribution is 0.101. The first-order chi connectivity index (χ1) is 15.5. The Hall–Kier alpha value is -3.20. The normalized spacial score (nSPS) is 16.1. The van der Waals surface area contributed by atoms with Crippen molar-refractivity contribution >= 4 is 17.4 Å². The maximum atomic E-state index is 13.4. The van der Waals surface area contributed by atoms with Gasteiger partial charge in [0.2, 0.25) is 0 Å². The molecule has 0 aliphatic heterocycles. The molecule has 0 aromatic heterocycles. The number of fused-ring (bicyclic) bond motifs is 1. The largest absolute Gasteiger partial charge is 0.322 e. The van der Waals surface area contributed by atoms with Crippen LogP contribution in [0, 0.1) is 13.8 Å². The predicted molar refractivity (Wildman–Crippen MR) is 135 cm³/mol. The number of benzene rings is 3. The number of nitrogens with one attached hydrogen (secondary N) is 1. The SMILES string of the molecule is [CH2]c1ccc(NC(=O)c2ccc(C(=O)c3cc4c(cc3C)C(C)(C)CCC4(C)C)cc2)cc1. The van der Waals surface area contributed by atoms with Crippen LogP contribution in [0.25, 0.3) is 0 Å². The van der Waals surface area contributed by atoms with Crippen LogP contribution in [-0.4, -0.2) is 11.7 Å². The Kier molecular flexibility index (Phi) is 5.78. The topological polar surface area (TPSA) is 46.2 Å². The second kappa shape index (κ2) is 8.30. The fourth-order valence-electron chi connectivity index (χ4n) is 4.69. The Balaban J connectivity index is 1.60. The van der Waals surface area contributed by atoms with Crippen LogP contribution in [0.2, 0.25) is 0 Å². The fraction of sp³-hybridized carbons (Fsp3) is 0.300. The van der Waals surface area contributed by atoms with Gasteiger partial charge in [0, 0.05) is 22.4 Å². The first kappa shape index (κ1) is 23.0. The molecule has 3 heteroatoms. The van der Waals surface area contributed by atoms with Crippen LogP contribution < -0.4 is 5.32 Å². The standard InChI is InChI=1S/C30H32NO2/c1-19-7-13-23(14-8-19)31-28(33)22-11-9-21(10-12-22)27(32)24-18-26-25(17-20(24)2)29(3,4)15-16-30(26,5)6/h7-14,17-18H,1,15-16H2,2-6H3,(H,31,33). The Morgan fingerprint density at radius 3 is 1.88 bits per heavy atom. The Labute approximate surface area is 197 Å². The molecular formula is C30H32NO2. The molecule has 1 radical (unpaired) electrons. The zero-order chi connectivity index (χ0) is 24.0. The zero-order valence-corrected chi connectivity index (χ0v) is 20.2. The molecule has 0 saturated heterocycles. The molecule has 0 spiro atoms. The molecule has 0 atom stereocenters. The summed E-state index contributed by atoms with van der Waals surface area (Å²) in [5.74, 6) is -0.216. The van der Waals surface area contributed by atoms with E-state index in [1.54, 1.807) is 24.3 Å². The highest BCUT2D eigenvalue weighted by molar-refractivity contribution is 6.11. The molecule has 3 nitrogen and oxygen atoms in total. The highest BCUT2D eigenvalue weighted by Gasteiger charge is 2.37. The van der Waals surface area contributed by atoms with Crippen molar-refractivity contribution in [1.82, 2.24) is 0 Å². The molecule has 169 valence electrons. The van der Waals surface area contributed by atoms with Crippen LogP contribution >= 0.6 is 0 Å². The summed E-state index contributed by atoms with van der Waals surface area (Å²) in [4.78, 5) is 26.0. The third-order valence-corrected chi connectivity index (χ3v) is 7.06. The summed E-state index contributed by atoms with van der Waals surface area (Å²) in [7, 11) is 0. The van der Waals surface area contributed by atoms with Gasteiger partial charge in [-0.3, -0.25) is 9.59 Å². The Bertz CT molecular complexity index is 1220. The van der Waals surface area contributed by atoms with Gasteiger partial charge in [0.1, 0.15) is 0 Å². The van der Waals surface area contributed by atoms with Crippen LogP contribution in [0.5, 0.6) is 0 Å². The van der Waals surface area contributed by atoms with Gasteiger partial charge in [-0.2, -0.15) is 0 Å². The van der Waals surface area contributed by atoms with E-state index in [0.29, 0.717) is 16.8 Å². The maximum absolute atomic E-state index is 13.4. The van der Waals surface area contributed by atoms with Gasteiger partial charge < -0.3 is 5.32 Å². The number of carbonyl (C=O) groups excluding carboxylic acids is 2. The van der Waals surface area contributed by atoms with Gasteiger partial charge in [-0.25, -0.2) is 0 Å². The number of amides is 1. The van der Waals surface area contributed by atoms with Crippen LogP contribution in [0.15, 0.2) is 60.7 Å². The van der Waals surface area contributed by atoms with E-state index in [9.17, 15) is 9.59 Å². The molecule has 1 aliphatic carbocycles. The van der Waals surface area contributed by atoms with Gasteiger partial charge in [-0.1, -0.05) is 58.0 Å². The minimum Gasteiger partial charge on any atom is -0.322 e. The molecule has 0 fully saturated rings. The van der Waals surface area contributed by atoms with Crippen molar-refractivity contribution in [1.29, 1.82) is 0 Å². The summed E-state index contributed by atoms with van der Waals surface area (Å²) < 4.78 is 0. The summed E-state index contributed by atoms with van der Waals surface area (Å²) in [6, 6.07) is 18.6. The molecule has 1 amide bonds. The third-order valence-electron chi connectivity index (χ3n) is 7.06. The number of hydrogen-bond donors (Lipinski definition) is 1. The Morgan fingerprint density at radius 1 is 0.788 bits per heavy atom. The smallest absolute Gasteiger partial charge is 0.255 e. The highest BCUT2D eigenvalue weighted by atomic mass is 16.1. The van der Waals surface area contributed by atoms with Gasteiger partial charge in [-0.15, -0.1) is 0 Å². The average molecular weight is 439 g/mol. The van der Waals surface area contributed by atoms with Crippen molar-refractivity contribution in [3.8, 4) is 0 Å². The lowest BCUT2D eigenvalue weighted by Crippen LogP contribution is -2.34. The molecule has 1 N–H and O–H groups in total. The van der Waals surface area contributed by atoms with E-state index in [0.717, 1.165) is 29.5 Å². The number of hydrogen-bond acceptors (Lipinski definition) is 2. The quantitative estimate of drug-likeness (QED) is 0.445. The first-order valence-corrected chi connectivity index (χ1v) is 11.5. The van der Waals surface area contributed by atoms with Crippen LogP contribution in [0.3, 0.4) is 0 Å². The number of anilines is 1. The second-order valence-electron chi connectivity index (χ2n) is 10.5. The zero-order valence-electron chi connectivity index (χ0n) is 20.2. The Morgan fingerprint density at radius 2 is 1.30 bits per heavy atom. The average Bonchev–Trinajstić information content (AvgIpc) is 2.78. The molecule has 4 rings (SSSR count). The number of carbonyl (C=O) groups is 2. The van der Waals surface area contributed by atoms with Crippen molar-refractivity contribution in [2.75, 3.05) is 5.32 Å². The van der Waals surface area contributed by atoms with Gasteiger partial charge >= 0.3 is 0 Å². The molecule has 0 heterocycles. The lowest BCUT2D eigenvalue weighted by Gasteiger charge is -2.42. The van der Waals surface area contributed by atoms with E-state index in [2.05, 4.69) is 52.1 Å². The van der Waals surface area contributed by atoms with E-state index in [1.165, 1.54) is 11.1 Å². The summed E-state index contributed by atoms with van der Waals surface area (Å²) in [5, 5.41) is 2.87. The van der Waals surface area contributed by atoms with Crippen LogP contribution in [0.1, 0.15) is 89.1 Å².